The van der Waals surface area contributed by atoms with Gasteiger partial charge in [-0.15, -0.1) is 0 Å². The van der Waals surface area contributed by atoms with Gasteiger partial charge in [0.15, 0.2) is 5.82 Å². The molecular weight excluding hydrogens is 311 g/mol. The van der Waals surface area contributed by atoms with E-state index in [9.17, 15) is 8.78 Å². The number of nitrogens with two attached hydrogens (primary N) is 1. The van der Waals surface area contributed by atoms with E-state index in [4.69, 9.17) is 5.73 Å². The van der Waals surface area contributed by atoms with Crippen LogP contribution in [0.1, 0.15) is 31.9 Å². The topological polar surface area (TPSA) is 26.0 Å². The molecular formula is C11H14F2IN. The number of hydrogen-bond donors (Lipinski definition) is 1. The lowest BCUT2D eigenvalue weighted by atomic mass is 9.84. The van der Waals surface area contributed by atoms with Crippen LogP contribution in [0, 0.1) is 22.1 Å². The Hall–Kier alpha value is -0.390. The van der Waals surface area contributed by atoms with Crippen LogP contribution in [0.3, 0.4) is 0 Å². The summed E-state index contributed by atoms with van der Waals surface area (Å²) in [6.45, 7) is 7.00. The van der Waals surface area contributed by atoms with Gasteiger partial charge in [-0.2, -0.15) is 0 Å². The van der Waals surface area contributed by atoms with Gasteiger partial charge < -0.3 is 5.73 Å². The molecule has 0 aliphatic carbocycles. The van der Waals surface area contributed by atoms with Crippen LogP contribution in [0.5, 0.6) is 0 Å². The molecule has 1 rings (SSSR count). The van der Waals surface area contributed by atoms with Crippen molar-refractivity contribution in [1.29, 1.82) is 0 Å². The van der Waals surface area contributed by atoms with Crippen molar-refractivity contribution < 1.29 is 8.78 Å². The average molecular weight is 325 g/mol. The lowest BCUT2D eigenvalue weighted by molar-refractivity contribution is 0.508. The Kier molecular flexibility index (Phi) is 3.28. The van der Waals surface area contributed by atoms with Gasteiger partial charge in [-0.25, -0.2) is 8.78 Å². The molecule has 0 aliphatic heterocycles. The summed E-state index contributed by atoms with van der Waals surface area (Å²) < 4.78 is 27.9. The third-order valence-corrected chi connectivity index (χ3v) is 3.61. The predicted octanol–water partition coefficient (Wildman–Crippen LogP) is 3.76. The molecule has 0 aliphatic rings. The molecule has 1 aromatic rings. The van der Waals surface area contributed by atoms with Crippen LogP contribution in [0.15, 0.2) is 0 Å². The summed E-state index contributed by atoms with van der Waals surface area (Å²) in [5, 5.41) is 0. The average Bonchev–Trinajstić information content (AvgIpc) is 2.09. The minimum atomic E-state index is -0.514. The molecule has 0 aromatic heterocycles. The van der Waals surface area contributed by atoms with Crippen LogP contribution in [0.2, 0.25) is 0 Å². The Balaban J connectivity index is 3.68. The highest BCUT2D eigenvalue weighted by Gasteiger charge is 2.27. The zero-order valence-corrected chi connectivity index (χ0v) is 11.4. The lowest BCUT2D eigenvalue weighted by Crippen LogP contribution is -2.19. The Morgan fingerprint density at radius 3 is 2.00 bits per heavy atom. The highest BCUT2D eigenvalue weighted by atomic mass is 127. The molecule has 0 fully saturated rings. The summed E-state index contributed by atoms with van der Waals surface area (Å²) in [6, 6.07) is 0. The summed E-state index contributed by atoms with van der Waals surface area (Å²) in [6.07, 6.45) is 0. The summed E-state index contributed by atoms with van der Waals surface area (Å²) in [4.78, 5) is 0. The molecule has 0 heterocycles. The fourth-order valence-electron chi connectivity index (χ4n) is 1.53. The van der Waals surface area contributed by atoms with E-state index < -0.39 is 17.0 Å². The van der Waals surface area contributed by atoms with Crippen molar-refractivity contribution in [1.82, 2.24) is 0 Å². The van der Waals surface area contributed by atoms with Crippen molar-refractivity contribution in [3.8, 4) is 0 Å². The monoisotopic (exact) mass is 325 g/mol. The maximum Gasteiger partial charge on any atom is 0.160 e. The SMILES string of the molecule is Cc1c(F)c(C(C)(C)C)c(N)c(F)c1I. The maximum absolute atomic E-state index is 13.9. The van der Waals surface area contributed by atoms with Crippen molar-refractivity contribution >= 4 is 28.3 Å². The van der Waals surface area contributed by atoms with E-state index in [2.05, 4.69) is 0 Å². The second kappa shape index (κ2) is 3.88. The van der Waals surface area contributed by atoms with Crippen molar-refractivity contribution in [2.24, 2.45) is 0 Å². The summed E-state index contributed by atoms with van der Waals surface area (Å²) in [7, 11) is 0. The van der Waals surface area contributed by atoms with E-state index in [0.29, 0.717) is 5.56 Å². The zero-order chi connectivity index (χ0) is 12.0. The summed E-state index contributed by atoms with van der Waals surface area (Å²) in [5.74, 6) is -0.912. The first-order valence-electron chi connectivity index (χ1n) is 4.61. The number of rotatable bonds is 0. The standard InChI is InChI=1S/C11H14F2IN/c1-5-7(12)6(11(2,3)4)10(15)8(13)9(5)14/h15H2,1-4H3. The molecule has 84 valence electrons. The number of anilines is 1. The van der Waals surface area contributed by atoms with Gasteiger partial charge in [-0.3, -0.25) is 0 Å². The molecule has 0 saturated carbocycles. The van der Waals surface area contributed by atoms with Gasteiger partial charge >= 0.3 is 0 Å². The smallest absolute Gasteiger partial charge is 0.160 e. The molecule has 15 heavy (non-hydrogen) atoms. The van der Waals surface area contributed by atoms with Gasteiger partial charge in [0.25, 0.3) is 0 Å². The quantitative estimate of drug-likeness (QED) is 0.439. The van der Waals surface area contributed by atoms with Gasteiger partial charge in [-0.05, 0) is 34.9 Å². The molecule has 4 heteroatoms. The van der Waals surface area contributed by atoms with Gasteiger partial charge in [0, 0.05) is 11.1 Å². The van der Waals surface area contributed by atoms with E-state index in [1.807, 2.05) is 20.8 Å². The van der Waals surface area contributed by atoms with Crippen molar-refractivity contribution in [3.63, 3.8) is 0 Å². The van der Waals surface area contributed by atoms with Crippen molar-refractivity contribution in [2.45, 2.75) is 33.1 Å². The van der Waals surface area contributed by atoms with Crippen LogP contribution in [0.25, 0.3) is 0 Å². The Morgan fingerprint density at radius 1 is 1.13 bits per heavy atom. The van der Waals surface area contributed by atoms with Crippen LogP contribution in [-0.4, -0.2) is 0 Å². The molecule has 2 N–H and O–H groups in total. The molecule has 0 radical (unpaired) electrons. The zero-order valence-electron chi connectivity index (χ0n) is 9.21. The first-order chi connectivity index (χ1) is 6.68. The van der Waals surface area contributed by atoms with Crippen LogP contribution < -0.4 is 5.73 Å². The third-order valence-electron chi connectivity index (χ3n) is 2.33. The number of nitrogen functional groups attached to an aromatic ring is 1. The fraction of sp³-hybridized carbons (Fsp3) is 0.455. The first-order valence-corrected chi connectivity index (χ1v) is 5.68. The highest BCUT2D eigenvalue weighted by Crippen LogP contribution is 2.36. The molecule has 0 unspecified atom stereocenters. The second-order valence-electron chi connectivity index (χ2n) is 4.61. The van der Waals surface area contributed by atoms with E-state index in [0.717, 1.165) is 0 Å². The van der Waals surface area contributed by atoms with Crippen LogP contribution >= 0.6 is 22.6 Å². The number of hydrogen-bond acceptors (Lipinski definition) is 1. The minimum absolute atomic E-state index is 0.0741. The Morgan fingerprint density at radius 2 is 1.60 bits per heavy atom. The number of halogens is 3. The van der Waals surface area contributed by atoms with Gasteiger partial charge in [0.2, 0.25) is 0 Å². The maximum atomic E-state index is 13.9. The molecule has 1 nitrogen and oxygen atoms in total. The fourth-order valence-corrected chi connectivity index (χ4v) is 2.06. The summed E-state index contributed by atoms with van der Waals surface area (Å²) >= 11 is 1.77. The van der Waals surface area contributed by atoms with E-state index >= 15 is 0 Å². The van der Waals surface area contributed by atoms with Crippen LogP contribution in [-0.2, 0) is 5.41 Å². The van der Waals surface area contributed by atoms with E-state index in [1.165, 1.54) is 0 Å². The highest BCUT2D eigenvalue weighted by molar-refractivity contribution is 14.1. The summed E-state index contributed by atoms with van der Waals surface area (Å²) in [5.41, 5.74) is 5.64. The third kappa shape index (κ3) is 2.09. The minimum Gasteiger partial charge on any atom is -0.396 e. The van der Waals surface area contributed by atoms with Crippen molar-refractivity contribution in [3.05, 3.63) is 26.3 Å². The van der Waals surface area contributed by atoms with Gasteiger partial charge in [0.1, 0.15) is 5.82 Å². The Labute approximate surface area is 102 Å². The van der Waals surface area contributed by atoms with Crippen molar-refractivity contribution in [2.75, 3.05) is 5.73 Å². The van der Waals surface area contributed by atoms with E-state index in [1.54, 1.807) is 29.5 Å². The molecule has 0 atom stereocenters. The Bertz CT molecular complexity index is 379. The molecule has 0 spiro atoms. The van der Waals surface area contributed by atoms with E-state index in [-0.39, 0.29) is 14.8 Å². The molecule has 0 amide bonds. The number of benzene rings is 1. The van der Waals surface area contributed by atoms with Gasteiger partial charge in [-0.1, -0.05) is 20.8 Å². The normalized spacial score (nSPS) is 11.9. The second-order valence-corrected chi connectivity index (χ2v) is 5.68. The molecule has 0 saturated heterocycles. The van der Waals surface area contributed by atoms with Gasteiger partial charge in [0.05, 0.1) is 9.26 Å². The molecule has 1 aromatic carbocycles. The molecule has 0 bridgehead atoms. The predicted molar refractivity (Wildman–Crippen MR) is 66.9 cm³/mol. The van der Waals surface area contributed by atoms with Crippen LogP contribution in [0.4, 0.5) is 14.5 Å². The first kappa shape index (κ1) is 12.7. The lowest BCUT2D eigenvalue weighted by Gasteiger charge is -2.24. The largest absolute Gasteiger partial charge is 0.396 e.